The highest BCUT2D eigenvalue weighted by atomic mass is 32.2. The molecule has 0 aromatic heterocycles. The third-order valence-corrected chi connectivity index (χ3v) is 9.46. The van der Waals surface area contributed by atoms with Gasteiger partial charge in [-0.15, -0.1) is 11.8 Å². The zero-order valence-electron chi connectivity index (χ0n) is 22.0. The first-order chi connectivity index (χ1) is 17.4. The second-order valence-electron chi connectivity index (χ2n) is 9.97. The molecule has 1 heterocycles. The quantitative estimate of drug-likeness (QED) is 0.112. The number of anilines is 1. The second kappa shape index (κ2) is 14.0. The molecule has 1 unspecified atom stereocenters. The minimum Gasteiger partial charge on any atom is -0.384 e. The molecule has 7 heteroatoms. The fraction of sp³-hybridized carbons (Fsp3) is 0.517. The maximum Gasteiger partial charge on any atom is 0.255 e. The number of benzene rings is 2. The minimum absolute atomic E-state index is 0.00521. The lowest BCUT2D eigenvalue weighted by Crippen LogP contribution is -2.36. The lowest BCUT2D eigenvalue weighted by atomic mass is 10.1. The van der Waals surface area contributed by atoms with Crippen LogP contribution >= 0.6 is 18.9 Å². The smallest absolute Gasteiger partial charge is 0.255 e. The van der Waals surface area contributed by atoms with Gasteiger partial charge in [-0.25, -0.2) is 0 Å². The molecule has 0 saturated heterocycles. The first-order valence-electron chi connectivity index (χ1n) is 13.3. The van der Waals surface area contributed by atoms with E-state index in [0.717, 1.165) is 60.0 Å². The molecule has 0 spiro atoms. The van der Waals surface area contributed by atoms with Gasteiger partial charge >= 0.3 is 0 Å². The summed E-state index contributed by atoms with van der Waals surface area (Å²) in [4.78, 5) is 27.3. The number of nitrogens with one attached hydrogen (secondary N) is 1. The van der Waals surface area contributed by atoms with Crippen molar-refractivity contribution in [1.82, 2.24) is 4.90 Å². The first-order valence-corrected chi connectivity index (χ1v) is 16.8. The molecule has 2 aromatic rings. The Bertz CT molecular complexity index is 1070. The molecule has 196 valence electrons. The Labute approximate surface area is 221 Å². The molecular weight excluding hydrogens is 487 g/mol. The summed E-state index contributed by atoms with van der Waals surface area (Å²) in [5.41, 5.74) is 2.86. The van der Waals surface area contributed by atoms with E-state index < -0.39 is 7.14 Å². The average Bonchev–Trinajstić information content (AvgIpc) is 3.20. The topological polar surface area (TPSA) is 66.5 Å². The van der Waals surface area contributed by atoms with E-state index in [4.69, 9.17) is 0 Å². The Hall–Kier alpha value is -2.04. The van der Waals surface area contributed by atoms with E-state index in [9.17, 15) is 14.2 Å². The molecule has 0 fully saturated rings. The normalized spacial score (nSPS) is 14.1. The summed E-state index contributed by atoms with van der Waals surface area (Å²) in [6.07, 6.45) is 9.65. The summed E-state index contributed by atoms with van der Waals surface area (Å²) >= 11 is 1.84. The van der Waals surface area contributed by atoms with Gasteiger partial charge in [-0.2, -0.15) is 0 Å². The predicted octanol–water partition coefficient (Wildman–Crippen LogP) is 6.80. The Morgan fingerprint density at radius 1 is 1.03 bits per heavy atom. The van der Waals surface area contributed by atoms with Gasteiger partial charge in [-0.1, -0.05) is 57.2 Å². The standard InChI is InChI=1S/C29H41N2O3PS/c1-4-14-23(22-32)31-21-25-24(29(31)33)15-13-18-28(25)36-20-12-8-6-5-7-11-19-30-26-16-9-10-17-27(26)35(2,3)34/h9-10,13,15-18,22-23,30H,4-8,11-12,14,19-21H2,1-3H3. The first kappa shape index (κ1) is 28.5. The third kappa shape index (κ3) is 7.73. The van der Waals surface area contributed by atoms with Crippen LogP contribution in [0.25, 0.3) is 0 Å². The van der Waals surface area contributed by atoms with E-state index in [2.05, 4.69) is 11.4 Å². The number of aldehydes is 1. The lowest BCUT2D eigenvalue weighted by molar-refractivity contribution is -0.112. The van der Waals surface area contributed by atoms with E-state index in [0.29, 0.717) is 13.0 Å². The number of rotatable bonds is 16. The number of unbranched alkanes of at least 4 members (excludes halogenated alkanes) is 5. The number of hydrogen-bond acceptors (Lipinski definition) is 5. The number of nitrogens with zero attached hydrogens (tertiary/aromatic N) is 1. The highest BCUT2D eigenvalue weighted by Crippen LogP contribution is 2.37. The van der Waals surface area contributed by atoms with E-state index in [1.165, 1.54) is 30.6 Å². The van der Waals surface area contributed by atoms with Gasteiger partial charge in [0.05, 0.1) is 6.04 Å². The highest BCUT2D eigenvalue weighted by Gasteiger charge is 2.33. The Morgan fingerprint density at radius 2 is 1.75 bits per heavy atom. The predicted molar refractivity (Wildman–Crippen MR) is 154 cm³/mol. The van der Waals surface area contributed by atoms with Gasteiger partial charge in [0.2, 0.25) is 0 Å². The molecule has 0 bridgehead atoms. The minimum atomic E-state index is -2.27. The molecule has 1 atom stereocenters. The molecule has 1 N–H and O–H groups in total. The summed E-state index contributed by atoms with van der Waals surface area (Å²) in [7, 11) is -2.27. The van der Waals surface area contributed by atoms with Crippen LogP contribution in [-0.4, -0.2) is 48.8 Å². The van der Waals surface area contributed by atoms with Gasteiger partial charge in [0.15, 0.2) is 0 Å². The maximum absolute atomic E-state index is 12.8. The molecule has 2 aromatic carbocycles. The van der Waals surface area contributed by atoms with Gasteiger partial charge < -0.3 is 19.6 Å². The van der Waals surface area contributed by atoms with Gasteiger partial charge in [-0.3, -0.25) is 4.79 Å². The Balaban J connectivity index is 1.33. The van der Waals surface area contributed by atoms with Crippen LogP contribution in [0.3, 0.4) is 0 Å². The second-order valence-corrected chi connectivity index (χ2v) is 14.3. The summed E-state index contributed by atoms with van der Waals surface area (Å²) in [5.74, 6) is 1.04. The van der Waals surface area contributed by atoms with Crippen molar-refractivity contribution in [2.24, 2.45) is 0 Å². The maximum atomic E-state index is 12.8. The largest absolute Gasteiger partial charge is 0.384 e. The molecule has 1 aliphatic rings. The molecule has 0 saturated carbocycles. The van der Waals surface area contributed by atoms with Crippen LogP contribution in [0.15, 0.2) is 47.4 Å². The van der Waals surface area contributed by atoms with E-state index >= 15 is 0 Å². The Kier molecular flexibility index (Phi) is 11.1. The highest BCUT2D eigenvalue weighted by molar-refractivity contribution is 7.99. The average molecular weight is 529 g/mol. The van der Waals surface area contributed by atoms with Gasteiger partial charge in [-0.05, 0) is 68.2 Å². The molecule has 1 amide bonds. The van der Waals surface area contributed by atoms with E-state index in [1.807, 2.05) is 68.4 Å². The van der Waals surface area contributed by atoms with Crippen LogP contribution in [0.1, 0.15) is 74.2 Å². The molecule has 3 rings (SSSR count). The van der Waals surface area contributed by atoms with Crippen molar-refractivity contribution < 1.29 is 14.2 Å². The van der Waals surface area contributed by atoms with E-state index in [1.54, 1.807) is 4.90 Å². The third-order valence-electron chi connectivity index (χ3n) is 6.72. The van der Waals surface area contributed by atoms with Crippen LogP contribution in [0.2, 0.25) is 0 Å². The molecule has 0 aliphatic carbocycles. The van der Waals surface area contributed by atoms with Crippen LogP contribution in [0, 0.1) is 0 Å². The molecule has 5 nitrogen and oxygen atoms in total. The number of para-hydroxylation sites is 1. The summed E-state index contributed by atoms with van der Waals surface area (Å²) in [6.45, 7) is 7.14. The zero-order chi connectivity index (χ0) is 26.0. The molecular formula is C29H41N2O3PS. The molecule has 1 aliphatic heterocycles. The van der Waals surface area contributed by atoms with E-state index in [-0.39, 0.29) is 11.9 Å². The van der Waals surface area contributed by atoms with Crippen LogP contribution in [0.4, 0.5) is 5.69 Å². The number of carbonyl (C=O) groups is 2. The van der Waals surface area contributed by atoms with Crippen molar-refractivity contribution in [3.8, 4) is 0 Å². The fourth-order valence-corrected chi connectivity index (χ4v) is 7.02. The van der Waals surface area contributed by atoms with Crippen LogP contribution < -0.4 is 10.6 Å². The van der Waals surface area contributed by atoms with Crippen molar-refractivity contribution >= 4 is 42.1 Å². The van der Waals surface area contributed by atoms with Gasteiger partial charge in [0, 0.05) is 34.5 Å². The van der Waals surface area contributed by atoms with Gasteiger partial charge in [0.25, 0.3) is 5.91 Å². The molecule has 0 radical (unpaired) electrons. The Morgan fingerprint density at radius 3 is 2.47 bits per heavy atom. The van der Waals surface area contributed by atoms with Crippen molar-refractivity contribution in [2.75, 3.05) is 30.9 Å². The SMILES string of the molecule is CCCC(C=O)N1Cc2c(SCCCCCCCCNc3ccccc3P(C)(C)=O)cccc2C1=O. The van der Waals surface area contributed by atoms with Crippen molar-refractivity contribution in [3.05, 3.63) is 53.6 Å². The summed E-state index contributed by atoms with van der Waals surface area (Å²) in [5, 5.41) is 4.41. The monoisotopic (exact) mass is 528 g/mol. The van der Waals surface area contributed by atoms with Crippen LogP contribution in [-0.2, 0) is 15.9 Å². The summed E-state index contributed by atoms with van der Waals surface area (Å²) < 4.78 is 12.5. The zero-order valence-corrected chi connectivity index (χ0v) is 23.7. The number of thioether (sulfide) groups is 1. The van der Waals surface area contributed by atoms with Crippen LogP contribution in [0.5, 0.6) is 0 Å². The fourth-order valence-electron chi connectivity index (χ4n) is 4.75. The van der Waals surface area contributed by atoms with Gasteiger partial charge in [0.1, 0.15) is 13.4 Å². The number of fused-ring (bicyclic) bond motifs is 1. The molecule has 36 heavy (non-hydrogen) atoms. The summed E-state index contributed by atoms with van der Waals surface area (Å²) in [6, 6.07) is 13.6. The number of amides is 1. The lowest BCUT2D eigenvalue weighted by Gasteiger charge is -2.22. The van der Waals surface area contributed by atoms with Crippen molar-refractivity contribution in [2.45, 2.75) is 75.8 Å². The number of carbonyl (C=O) groups excluding carboxylic acids is 2. The van der Waals surface area contributed by atoms with Crippen molar-refractivity contribution in [3.63, 3.8) is 0 Å². The number of hydrogen-bond donors (Lipinski definition) is 1. The van der Waals surface area contributed by atoms with Crippen molar-refractivity contribution in [1.29, 1.82) is 0 Å².